The third-order valence-corrected chi connectivity index (χ3v) is 2.14. The minimum Gasteiger partial charge on any atom is -0.414 e. The molecule has 0 atom stereocenters. The van der Waals surface area contributed by atoms with E-state index in [-0.39, 0.29) is 0 Å². The molecule has 0 bridgehead atoms. The summed E-state index contributed by atoms with van der Waals surface area (Å²) in [5.74, 6) is 0. The van der Waals surface area contributed by atoms with Crippen molar-refractivity contribution in [3.8, 4) is 0 Å². The Morgan fingerprint density at radius 2 is 1.87 bits per heavy atom. The van der Waals surface area contributed by atoms with Crippen LogP contribution in [0, 0.1) is 0 Å². The van der Waals surface area contributed by atoms with Gasteiger partial charge in [0, 0.05) is 0 Å². The monoisotopic (exact) mass is 206 g/mol. The molecular formula is C11H10O4. The fourth-order valence-corrected chi connectivity index (χ4v) is 1.50. The van der Waals surface area contributed by atoms with Crippen LogP contribution in [-0.2, 0) is 6.42 Å². The minimum atomic E-state index is -0.962. The molecule has 0 unspecified atom stereocenters. The molecule has 15 heavy (non-hydrogen) atoms. The highest BCUT2D eigenvalue weighted by molar-refractivity contribution is 5.73. The Labute approximate surface area is 85.1 Å². The van der Waals surface area contributed by atoms with Crippen molar-refractivity contribution in [3.63, 3.8) is 0 Å². The van der Waals surface area contributed by atoms with Crippen LogP contribution in [0.15, 0.2) is 36.6 Å². The smallest absolute Gasteiger partial charge is 0.414 e. The summed E-state index contributed by atoms with van der Waals surface area (Å²) in [7, 11) is 0. The number of fused-ring (bicyclic) bond motifs is 1. The topological polar surface area (TPSA) is 60.4 Å². The molecule has 0 saturated heterocycles. The van der Waals surface area contributed by atoms with Crippen LogP contribution in [0.2, 0.25) is 0 Å². The van der Waals surface area contributed by atoms with Crippen molar-refractivity contribution in [1.82, 2.24) is 0 Å². The molecule has 1 aromatic heterocycles. The maximum absolute atomic E-state index is 11.0. The zero-order chi connectivity index (χ0) is 10.8. The van der Waals surface area contributed by atoms with Crippen molar-refractivity contribution in [2.75, 3.05) is 0 Å². The Morgan fingerprint density at radius 3 is 2.60 bits per heavy atom. The molecule has 1 heterocycles. The van der Waals surface area contributed by atoms with Crippen molar-refractivity contribution in [2.24, 2.45) is 0 Å². The summed E-state index contributed by atoms with van der Waals surface area (Å²) in [5, 5.41) is 0. The van der Waals surface area contributed by atoms with Gasteiger partial charge in [-0.3, -0.25) is 0 Å². The molecule has 4 nitrogen and oxygen atoms in total. The molecule has 0 aliphatic heterocycles. The first-order valence-electron chi connectivity index (χ1n) is 4.78. The molecule has 0 amide bonds. The SMILES string of the molecule is CCCc1cccc2oc(=O)c(=O)oc12. The number of rotatable bonds is 2. The highest BCUT2D eigenvalue weighted by atomic mass is 16.5. The highest BCUT2D eigenvalue weighted by Crippen LogP contribution is 2.16. The maximum atomic E-state index is 11.0. The predicted molar refractivity (Wildman–Crippen MR) is 55.0 cm³/mol. The molecule has 0 aliphatic carbocycles. The molecule has 0 radical (unpaired) electrons. The fourth-order valence-electron chi connectivity index (χ4n) is 1.50. The van der Waals surface area contributed by atoms with Crippen LogP contribution in [0.3, 0.4) is 0 Å². The molecule has 0 aliphatic rings. The zero-order valence-corrected chi connectivity index (χ0v) is 8.28. The van der Waals surface area contributed by atoms with Gasteiger partial charge in [-0.2, -0.15) is 0 Å². The molecule has 0 N–H and O–H groups in total. The number of hydrogen-bond donors (Lipinski definition) is 0. The van der Waals surface area contributed by atoms with Crippen molar-refractivity contribution < 1.29 is 8.83 Å². The van der Waals surface area contributed by atoms with E-state index in [1.54, 1.807) is 12.1 Å². The summed E-state index contributed by atoms with van der Waals surface area (Å²) >= 11 is 0. The quantitative estimate of drug-likeness (QED) is 0.701. The first kappa shape index (κ1) is 9.71. The standard InChI is InChI=1S/C11H10O4/c1-2-4-7-5-3-6-8-9(7)15-11(13)10(12)14-8/h3,5-6H,2,4H2,1H3. The minimum absolute atomic E-state index is 0.325. The summed E-state index contributed by atoms with van der Waals surface area (Å²) in [4.78, 5) is 21.9. The molecule has 4 heteroatoms. The van der Waals surface area contributed by atoms with Gasteiger partial charge in [-0.25, -0.2) is 9.59 Å². The molecule has 2 rings (SSSR count). The maximum Gasteiger partial charge on any atom is 0.423 e. The van der Waals surface area contributed by atoms with Crippen molar-refractivity contribution in [2.45, 2.75) is 19.8 Å². The van der Waals surface area contributed by atoms with E-state index >= 15 is 0 Å². The first-order valence-corrected chi connectivity index (χ1v) is 4.78. The van der Waals surface area contributed by atoms with Gasteiger partial charge in [-0.1, -0.05) is 25.5 Å². The Balaban J connectivity index is 2.80. The van der Waals surface area contributed by atoms with Crippen LogP contribution < -0.4 is 11.3 Å². The number of aryl methyl sites for hydroxylation is 1. The van der Waals surface area contributed by atoms with E-state index in [2.05, 4.69) is 0 Å². The van der Waals surface area contributed by atoms with E-state index in [1.807, 2.05) is 13.0 Å². The zero-order valence-electron chi connectivity index (χ0n) is 8.28. The normalized spacial score (nSPS) is 10.7. The predicted octanol–water partition coefficient (Wildman–Crippen LogP) is 1.70. The Kier molecular flexibility index (Phi) is 2.41. The van der Waals surface area contributed by atoms with Gasteiger partial charge in [-0.15, -0.1) is 0 Å². The van der Waals surface area contributed by atoms with E-state index in [9.17, 15) is 9.59 Å². The third-order valence-electron chi connectivity index (χ3n) is 2.14. The molecule has 2 aromatic rings. The van der Waals surface area contributed by atoms with Crippen LogP contribution >= 0.6 is 0 Å². The van der Waals surface area contributed by atoms with Crippen LogP contribution in [-0.4, -0.2) is 0 Å². The van der Waals surface area contributed by atoms with Crippen LogP contribution in [0.5, 0.6) is 0 Å². The van der Waals surface area contributed by atoms with Gasteiger partial charge in [0.1, 0.15) is 0 Å². The summed E-state index contributed by atoms with van der Waals surface area (Å²) < 4.78 is 9.73. The van der Waals surface area contributed by atoms with Gasteiger partial charge in [0.05, 0.1) is 0 Å². The lowest BCUT2D eigenvalue weighted by Crippen LogP contribution is -2.21. The fraction of sp³-hybridized carbons (Fsp3) is 0.273. The molecule has 0 saturated carbocycles. The second-order valence-electron chi connectivity index (χ2n) is 3.27. The van der Waals surface area contributed by atoms with E-state index in [4.69, 9.17) is 8.83 Å². The lowest BCUT2D eigenvalue weighted by atomic mass is 10.1. The van der Waals surface area contributed by atoms with Gasteiger partial charge in [-0.05, 0) is 18.1 Å². The van der Waals surface area contributed by atoms with Gasteiger partial charge in [0.2, 0.25) is 0 Å². The molecule has 0 fully saturated rings. The van der Waals surface area contributed by atoms with Crippen molar-refractivity contribution >= 4 is 11.2 Å². The third kappa shape index (κ3) is 1.70. The van der Waals surface area contributed by atoms with E-state index in [0.717, 1.165) is 18.4 Å². The number of hydrogen-bond acceptors (Lipinski definition) is 4. The summed E-state index contributed by atoms with van der Waals surface area (Å²) in [5.41, 5.74) is -0.326. The molecule has 1 aromatic carbocycles. The van der Waals surface area contributed by atoms with E-state index in [0.29, 0.717) is 11.2 Å². The van der Waals surface area contributed by atoms with Crippen LogP contribution in [0.25, 0.3) is 11.2 Å². The molecule has 0 spiro atoms. The largest absolute Gasteiger partial charge is 0.423 e. The second-order valence-corrected chi connectivity index (χ2v) is 3.27. The molecule has 78 valence electrons. The highest BCUT2D eigenvalue weighted by Gasteiger charge is 2.07. The Morgan fingerprint density at radius 1 is 1.13 bits per heavy atom. The lowest BCUT2D eigenvalue weighted by Gasteiger charge is -2.00. The van der Waals surface area contributed by atoms with Crippen LogP contribution in [0.1, 0.15) is 18.9 Å². The number of para-hydroxylation sites is 1. The molecular weight excluding hydrogens is 196 g/mol. The average molecular weight is 206 g/mol. The number of benzene rings is 1. The summed E-state index contributed by atoms with van der Waals surface area (Å²) in [6.07, 6.45) is 1.72. The second kappa shape index (κ2) is 3.73. The van der Waals surface area contributed by atoms with Crippen molar-refractivity contribution in [1.29, 1.82) is 0 Å². The lowest BCUT2D eigenvalue weighted by molar-refractivity contribution is 0.446. The van der Waals surface area contributed by atoms with Gasteiger partial charge >= 0.3 is 11.3 Å². The van der Waals surface area contributed by atoms with E-state index < -0.39 is 11.3 Å². The van der Waals surface area contributed by atoms with Gasteiger partial charge < -0.3 is 8.83 Å². The van der Waals surface area contributed by atoms with E-state index in [1.165, 1.54) is 0 Å². The Bertz CT molecular complexity index is 591. The Hall–Kier alpha value is -1.84. The van der Waals surface area contributed by atoms with Crippen LogP contribution in [0.4, 0.5) is 0 Å². The average Bonchev–Trinajstić information content (AvgIpc) is 2.21. The summed E-state index contributed by atoms with van der Waals surface area (Å²) in [6.45, 7) is 2.02. The van der Waals surface area contributed by atoms with Gasteiger partial charge in [0.25, 0.3) is 0 Å². The summed E-state index contributed by atoms with van der Waals surface area (Å²) in [6, 6.07) is 5.24. The first-order chi connectivity index (χ1) is 7.22. The van der Waals surface area contributed by atoms with Gasteiger partial charge in [0.15, 0.2) is 11.2 Å². The van der Waals surface area contributed by atoms with Crippen molar-refractivity contribution in [3.05, 3.63) is 44.6 Å².